The van der Waals surface area contributed by atoms with Crippen molar-refractivity contribution < 1.29 is 9.90 Å². The van der Waals surface area contributed by atoms with Gasteiger partial charge in [0.2, 0.25) is 0 Å². The first-order chi connectivity index (χ1) is 8.60. The Balaban J connectivity index is 2.04. The summed E-state index contributed by atoms with van der Waals surface area (Å²) in [6.45, 7) is 0.0980. The molecule has 1 aromatic rings. The molecule has 0 unspecified atom stereocenters. The summed E-state index contributed by atoms with van der Waals surface area (Å²) in [4.78, 5) is 12.0. The highest BCUT2D eigenvalue weighted by atomic mass is 35.5. The first-order valence-corrected chi connectivity index (χ1v) is 6.41. The number of aliphatic hydroxyl groups is 1. The van der Waals surface area contributed by atoms with Crippen molar-refractivity contribution in [2.75, 3.05) is 6.61 Å². The molecule has 1 aromatic carbocycles. The maximum absolute atomic E-state index is 12.0. The van der Waals surface area contributed by atoms with E-state index < -0.39 is 0 Å². The summed E-state index contributed by atoms with van der Waals surface area (Å²) >= 11 is 11.8. The van der Waals surface area contributed by atoms with Gasteiger partial charge < -0.3 is 10.4 Å². The van der Waals surface area contributed by atoms with Crippen molar-refractivity contribution in [1.82, 2.24) is 5.32 Å². The van der Waals surface area contributed by atoms with Crippen LogP contribution in [0.4, 0.5) is 0 Å². The van der Waals surface area contributed by atoms with Gasteiger partial charge in [-0.25, -0.2) is 0 Å². The average Bonchev–Trinajstić information content (AvgIpc) is 2.80. The standard InChI is InChI=1S/C13H13Cl2NO2/c14-9-2-4-12(15)11(6-9)13(18)16-10-3-1-8(5-10)7-17/h1-4,6,8,10,17H,5,7H2,(H,16,18)/t8-,10+/m0/s1. The molecule has 0 saturated heterocycles. The molecule has 0 heterocycles. The van der Waals surface area contributed by atoms with Crippen LogP contribution in [-0.4, -0.2) is 23.7 Å². The lowest BCUT2D eigenvalue weighted by atomic mass is 10.1. The third-order valence-corrected chi connectivity index (χ3v) is 3.46. The zero-order valence-electron chi connectivity index (χ0n) is 9.57. The molecular weight excluding hydrogens is 273 g/mol. The number of hydrogen-bond acceptors (Lipinski definition) is 2. The number of rotatable bonds is 3. The molecule has 18 heavy (non-hydrogen) atoms. The lowest BCUT2D eigenvalue weighted by molar-refractivity contribution is 0.0941. The first kappa shape index (κ1) is 13.4. The topological polar surface area (TPSA) is 49.3 Å². The fourth-order valence-corrected chi connectivity index (χ4v) is 2.31. The van der Waals surface area contributed by atoms with E-state index in [9.17, 15) is 4.79 Å². The summed E-state index contributed by atoms with van der Waals surface area (Å²) in [5, 5.41) is 12.7. The van der Waals surface area contributed by atoms with E-state index in [1.54, 1.807) is 18.2 Å². The van der Waals surface area contributed by atoms with Crippen LogP contribution in [0.1, 0.15) is 16.8 Å². The lowest BCUT2D eigenvalue weighted by Crippen LogP contribution is -2.33. The minimum Gasteiger partial charge on any atom is -0.396 e. The van der Waals surface area contributed by atoms with Crippen molar-refractivity contribution in [3.63, 3.8) is 0 Å². The van der Waals surface area contributed by atoms with E-state index >= 15 is 0 Å². The normalized spacial score (nSPS) is 22.2. The number of aliphatic hydroxyl groups excluding tert-OH is 1. The third kappa shape index (κ3) is 3.05. The molecule has 96 valence electrons. The van der Waals surface area contributed by atoms with Gasteiger partial charge in [0.05, 0.1) is 10.6 Å². The Morgan fingerprint density at radius 3 is 2.83 bits per heavy atom. The SMILES string of the molecule is O=C(N[C@@H]1C=C[C@H](CO)C1)c1cc(Cl)ccc1Cl. The van der Waals surface area contributed by atoms with Crippen LogP contribution < -0.4 is 5.32 Å². The van der Waals surface area contributed by atoms with Crippen molar-refractivity contribution in [1.29, 1.82) is 0 Å². The van der Waals surface area contributed by atoms with Gasteiger partial charge in [-0.1, -0.05) is 35.4 Å². The maximum atomic E-state index is 12.0. The van der Waals surface area contributed by atoms with Gasteiger partial charge >= 0.3 is 0 Å². The summed E-state index contributed by atoms with van der Waals surface area (Å²) in [5.74, 6) is -0.138. The van der Waals surface area contributed by atoms with Gasteiger partial charge in [-0.2, -0.15) is 0 Å². The zero-order chi connectivity index (χ0) is 13.1. The van der Waals surface area contributed by atoms with Crippen LogP contribution in [0.25, 0.3) is 0 Å². The third-order valence-electron chi connectivity index (χ3n) is 2.90. The number of hydrogen-bond donors (Lipinski definition) is 2. The Morgan fingerprint density at radius 1 is 1.39 bits per heavy atom. The molecule has 2 rings (SSSR count). The Labute approximate surface area is 115 Å². The summed E-state index contributed by atoms with van der Waals surface area (Å²) in [6.07, 6.45) is 4.50. The van der Waals surface area contributed by atoms with E-state index in [1.807, 2.05) is 12.2 Å². The maximum Gasteiger partial charge on any atom is 0.253 e. The number of nitrogens with one attached hydrogen (secondary N) is 1. The van der Waals surface area contributed by atoms with Gasteiger partial charge in [0, 0.05) is 23.6 Å². The number of benzene rings is 1. The highest BCUT2D eigenvalue weighted by molar-refractivity contribution is 6.35. The van der Waals surface area contributed by atoms with Crippen molar-refractivity contribution in [2.24, 2.45) is 5.92 Å². The van der Waals surface area contributed by atoms with Gasteiger partial charge in [-0.3, -0.25) is 4.79 Å². The molecule has 1 aliphatic rings. The molecule has 2 atom stereocenters. The van der Waals surface area contributed by atoms with Gasteiger partial charge in [0.25, 0.3) is 5.91 Å². The zero-order valence-corrected chi connectivity index (χ0v) is 11.1. The molecular formula is C13H13Cl2NO2. The average molecular weight is 286 g/mol. The number of carbonyl (C=O) groups excluding carboxylic acids is 1. The number of amides is 1. The quantitative estimate of drug-likeness (QED) is 0.839. The first-order valence-electron chi connectivity index (χ1n) is 5.65. The van der Waals surface area contributed by atoms with E-state index in [4.69, 9.17) is 28.3 Å². The van der Waals surface area contributed by atoms with E-state index in [1.165, 1.54) is 0 Å². The molecule has 0 aromatic heterocycles. The molecule has 0 fully saturated rings. The van der Waals surface area contributed by atoms with E-state index in [2.05, 4.69) is 5.32 Å². The van der Waals surface area contributed by atoms with Gasteiger partial charge in [-0.15, -0.1) is 0 Å². The van der Waals surface area contributed by atoms with Crippen molar-refractivity contribution in [3.05, 3.63) is 46.0 Å². The van der Waals surface area contributed by atoms with Crippen LogP contribution >= 0.6 is 23.2 Å². The summed E-state index contributed by atoms with van der Waals surface area (Å²) in [6, 6.07) is 4.71. The highest BCUT2D eigenvalue weighted by Gasteiger charge is 2.21. The van der Waals surface area contributed by atoms with Crippen LogP contribution in [0, 0.1) is 5.92 Å². The Bertz CT molecular complexity index is 488. The fourth-order valence-electron chi connectivity index (χ4n) is 1.93. The molecule has 1 aliphatic carbocycles. The molecule has 0 saturated carbocycles. The smallest absolute Gasteiger partial charge is 0.253 e. The molecule has 1 amide bonds. The summed E-state index contributed by atoms with van der Waals surface area (Å²) < 4.78 is 0. The van der Waals surface area contributed by atoms with Crippen LogP contribution in [0.2, 0.25) is 10.0 Å². The molecule has 3 nitrogen and oxygen atoms in total. The minimum absolute atomic E-state index is 0.0651. The van der Waals surface area contributed by atoms with E-state index in [0.717, 1.165) is 0 Å². The molecule has 0 bridgehead atoms. The highest BCUT2D eigenvalue weighted by Crippen LogP contribution is 2.22. The van der Waals surface area contributed by atoms with Crippen LogP contribution in [0.3, 0.4) is 0 Å². The van der Waals surface area contributed by atoms with Crippen molar-refractivity contribution in [3.8, 4) is 0 Å². The predicted molar refractivity (Wildman–Crippen MR) is 72.0 cm³/mol. The second-order valence-electron chi connectivity index (χ2n) is 4.27. The van der Waals surface area contributed by atoms with E-state index in [-0.39, 0.29) is 24.5 Å². The molecule has 2 N–H and O–H groups in total. The Kier molecular flexibility index (Phi) is 4.27. The lowest BCUT2D eigenvalue weighted by Gasteiger charge is -2.13. The molecule has 0 radical (unpaired) electrons. The monoisotopic (exact) mass is 285 g/mol. The molecule has 0 aliphatic heterocycles. The number of halogens is 2. The van der Waals surface area contributed by atoms with Gasteiger partial charge in [-0.05, 0) is 24.6 Å². The summed E-state index contributed by atoms with van der Waals surface area (Å²) in [7, 11) is 0. The minimum atomic E-state index is -0.254. The van der Waals surface area contributed by atoms with Crippen molar-refractivity contribution in [2.45, 2.75) is 12.5 Å². The fraction of sp³-hybridized carbons (Fsp3) is 0.308. The van der Waals surface area contributed by atoms with E-state index in [0.29, 0.717) is 22.0 Å². The van der Waals surface area contributed by atoms with Crippen LogP contribution in [0.5, 0.6) is 0 Å². The van der Waals surface area contributed by atoms with Gasteiger partial charge in [0.1, 0.15) is 0 Å². The largest absolute Gasteiger partial charge is 0.396 e. The second-order valence-corrected chi connectivity index (χ2v) is 5.11. The summed E-state index contributed by atoms with van der Waals surface area (Å²) in [5.41, 5.74) is 0.366. The van der Waals surface area contributed by atoms with Crippen LogP contribution in [0.15, 0.2) is 30.4 Å². The predicted octanol–water partition coefficient (Wildman–Crippen LogP) is 2.66. The number of carbonyl (C=O) groups is 1. The van der Waals surface area contributed by atoms with Crippen LogP contribution in [-0.2, 0) is 0 Å². The Morgan fingerprint density at radius 2 is 2.17 bits per heavy atom. The van der Waals surface area contributed by atoms with Crippen molar-refractivity contribution >= 4 is 29.1 Å². The molecule has 0 spiro atoms. The Hall–Kier alpha value is -1.03. The molecule has 5 heteroatoms. The van der Waals surface area contributed by atoms with Gasteiger partial charge in [0.15, 0.2) is 0 Å². The second kappa shape index (κ2) is 5.74.